The molecule has 0 radical (unpaired) electrons. The summed E-state index contributed by atoms with van der Waals surface area (Å²) in [5.41, 5.74) is 3.75. The summed E-state index contributed by atoms with van der Waals surface area (Å²) in [6, 6.07) is 12.0. The number of rotatable bonds is 7. The summed E-state index contributed by atoms with van der Waals surface area (Å²) in [4.78, 5) is 17.1. The zero-order valence-electron chi connectivity index (χ0n) is 18.1. The van der Waals surface area contributed by atoms with Crippen molar-refractivity contribution in [2.24, 2.45) is 0 Å². The number of aromatic nitrogens is 2. The quantitative estimate of drug-likeness (QED) is 0.370. The van der Waals surface area contributed by atoms with Gasteiger partial charge in [-0.25, -0.2) is 13.4 Å². The van der Waals surface area contributed by atoms with E-state index in [0.717, 1.165) is 22.3 Å². The smallest absolute Gasteiger partial charge is 0.310 e. The Bertz CT molecular complexity index is 1480. The van der Waals surface area contributed by atoms with Crippen LogP contribution in [0.1, 0.15) is 34.2 Å². The molecule has 0 aromatic carbocycles. The van der Waals surface area contributed by atoms with Gasteiger partial charge in [0, 0.05) is 34.9 Å². The van der Waals surface area contributed by atoms with Gasteiger partial charge >= 0.3 is 5.97 Å². The number of pyridine rings is 2. The second-order valence-corrected chi connectivity index (χ2v) is 10.2. The minimum atomic E-state index is -3.78. The van der Waals surface area contributed by atoms with Crippen molar-refractivity contribution in [2.45, 2.75) is 36.6 Å². The maximum absolute atomic E-state index is 13.2. The average molecular weight is 480 g/mol. The molecule has 168 valence electrons. The van der Waals surface area contributed by atoms with E-state index in [-0.39, 0.29) is 22.3 Å². The maximum atomic E-state index is 13.2. The van der Waals surface area contributed by atoms with Gasteiger partial charge in [-0.2, -0.15) is 5.26 Å². The van der Waals surface area contributed by atoms with Crippen LogP contribution in [0.3, 0.4) is 0 Å². The molecule has 0 aliphatic heterocycles. The Balaban J connectivity index is 1.82. The lowest BCUT2D eigenvalue weighted by molar-refractivity contribution is -0.142. The van der Waals surface area contributed by atoms with Crippen molar-refractivity contribution in [3.05, 3.63) is 81.4 Å². The predicted octanol–water partition coefficient (Wildman–Crippen LogP) is 4.11. The van der Waals surface area contributed by atoms with E-state index in [4.69, 9.17) is 4.74 Å². The third-order valence-electron chi connectivity index (χ3n) is 5.42. The third kappa shape index (κ3) is 4.27. The van der Waals surface area contributed by atoms with Gasteiger partial charge in [0.1, 0.15) is 6.07 Å². The van der Waals surface area contributed by atoms with Gasteiger partial charge in [0.05, 0.1) is 23.5 Å². The van der Waals surface area contributed by atoms with Crippen LogP contribution in [0, 0.1) is 18.3 Å². The lowest BCUT2D eigenvalue weighted by Gasteiger charge is -2.08. The summed E-state index contributed by atoms with van der Waals surface area (Å²) in [6.07, 6.45) is 3.59. The summed E-state index contributed by atoms with van der Waals surface area (Å²) in [6.45, 7) is 3.95. The number of thiophene rings is 1. The van der Waals surface area contributed by atoms with Crippen LogP contribution < -0.4 is 0 Å². The van der Waals surface area contributed by atoms with Gasteiger partial charge in [-0.05, 0) is 60.7 Å². The molecule has 4 aromatic rings. The second kappa shape index (κ2) is 9.17. The average Bonchev–Trinajstić information content (AvgIpc) is 3.39. The Morgan fingerprint density at radius 3 is 2.76 bits per heavy atom. The van der Waals surface area contributed by atoms with E-state index < -0.39 is 9.84 Å². The number of hydrogen-bond acceptors (Lipinski definition) is 7. The number of nitrogens with zero attached hydrogens (tertiary/aromatic N) is 3. The van der Waals surface area contributed by atoms with E-state index in [2.05, 4.69) is 11.1 Å². The first kappa shape index (κ1) is 22.7. The van der Waals surface area contributed by atoms with Crippen molar-refractivity contribution in [1.29, 1.82) is 5.26 Å². The fourth-order valence-corrected chi connectivity index (χ4v) is 6.48. The van der Waals surface area contributed by atoms with Crippen LogP contribution >= 0.6 is 11.3 Å². The topological polar surface area (TPSA) is 102 Å². The highest BCUT2D eigenvalue weighted by Crippen LogP contribution is 2.32. The molecule has 0 atom stereocenters. The molecule has 0 saturated heterocycles. The van der Waals surface area contributed by atoms with E-state index in [1.165, 1.54) is 23.6 Å². The number of ether oxygens (including phenoxy) is 1. The van der Waals surface area contributed by atoms with Crippen LogP contribution in [-0.4, -0.2) is 30.4 Å². The van der Waals surface area contributed by atoms with Crippen molar-refractivity contribution >= 4 is 32.7 Å². The van der Waals surface area contributed by atoms with Gasteiger partial charge in [0.2, 0.25) is 9.84 Å². The van der Waals surface area contributed by atoms with E-state index in [1.807, 2.05) is 17.4 Å². The Morgan fingerprint density at radius 1 is 1.24 bits per heavy atom. The molecule has 7 nitrogen and oxygen atoms in total. The molecule has 0 fully saturated rings. The standard InChI is InChI=1S/C24H21N3O4S2/c1-3-31-24(28)12-18-16(2)20(27-15-17(14-25)7-8-19(18)27)13-21-22(9-11-32-21)33(29,30)23-6-4-5-10-26-23/h4-11,15H,3,12-13H2,1-2H3. The van der Waals surface area contributed by atoms with Gasteiger partial charge in [-0.1, -0.05) is 6.07 Å². The molecule has 0 spiro atoms. The molecule has 9 heteroatoms. The molecule has 4 heterocycles. The first-order valence-electron chi connectivity index (χ1n) is 10.3. The maximum Gasteiger partial charge on any atom is 0.310 e. The Hall–Kier alpha value is -3.48. The number of nitriles is 1. The molecule has 0 amide bonds. The molecular weight excluding hydrogens is 458 g/mol. The van der Waals surface area contributed by atoms with Crippen molar-refractivity contribution in [3.8, 4) is 6.07 Å². The summed E-state index contributed by atoms with van der Waals surface area (Å²) in [7, 11) is -3.78. The van der Waals surface area contributed by atoms with E-state index in [9.17, 15) is 18.5 Å². The van der Waals surface area contributed by atoms with Crippen molar-refractivity contribution in [1.82, 2.24) is 9.38 Å². The molecule has 0 aliphatic rings. The van der Waals surface area contributed by atoms with Crippen molar-refractivity contribution < 1.29 is 17.9 Å². The summed E-state index contributed by atoms with van der Waals surface area (Å²) in [5.74, 6) is -0.335. The molecule has 4 aromatic heterocycles. The second-order valence-electron chi connectivity index (χ2n) is 7.37. The Kier molecular flexibility index (Phi) is 6.31. The Labute approximate surface area is 195 Å². The highest BCUT2D eigenvalue weighted by molar-refractivity contribution is 7.91. The van der Waals surface area contributed by atoms with E-state index in [1.54, 1.807) is 42.8 Å². The highest BCUT2D eigenvalue weighted by atomic mass is 32.2. The van der Waals surface area contributed by atoms with Crippen LogP contribution in [0.25, 0.3) is 5.52 Å². The molecular formula is C24H21N3O4S2. The van der Waals surface area contributed by atoms with E-state index >= 15 is 0 Å². The lowest BCUT2D eigenvalue weighted by atomic mass is 10.1. The number of hydrogen-bond donors (Lipinski definition) is 0. The zero-order valence-corrected chi connectivity index (χ0v) is 19.7. The van der Waals surface area contributed by atoms with Gasteiger partial charge in [0.25, 0.3) is 0 Å². The molecule has 4 rings (SSSR count). The number of sulfone groups is 1. The normalized spacial score (nSPS) is 11.4. The highest BCUT2D eigenvalue weighted by Gasteiger charge is 2.26. The first-order valence-corrected chi connectivity index (χ1v) is 12.6. The van der Waals surface area contributed by atoms with Crippen LogP contribution in [0.4, 0.5) is 0 Å². The predicted molar refractivity (Wildman–Crippen MR) is 124 cm³/mol. The third-order valence-corrected chi connectivity index (χ3v) is 8.23. The fraction of sp³-hybridized carbons (Fsp3) is 0.208. The molecule has 0 saturated carbocycles. The fourth-order valence-electron chi connectivity index (χ4n) is 3.85. The minimum Gasteiger partial charge on any atom is -0.466 e. The van der Waals surface area contributed by atoms with Crippen molar-refractivity contribution in [3.63, 3.8) is 0 Å². The minimum absolute atomic E-state index is 0.00356. The largest absolute Gasteiger partial charge is 0.466 e. The van der Waals surface area contributed by atoms with Crippen molar-refractivity contribution in [2.75, 3.05) is 6.61 Å². The van der Waals surface area contributed by atoms with Crippen LogP contribution in [-0.2, 0) is 32.2 Å². The summed E-state index contributed by atoms with van der Waals surface area (Å²) in [5, 5.41) is 11.1. The molecule has 33 heavy (non-hydrogen) atoms. The van der Waals surface area contributed by atoms with Crippen LogP contribution in [0.15, 0.2) is 64.1 Å². The summed E-state index contributed by atoms with van der Waals surface area (Å²) >= 11 is 1.35. The van der Waals surface area contributed by atoms with Gasteiger partial charge < -0.3 is 9.14 Å². The number of esters is 1. The number of carbonyl (C=O) groups excluding carboxylic acids is 1. The van der Waals surface area contributed by atoms with Gasteiger partial charge in [0.15, 0.2) is 5.03 Å². The Morgan fingerprint density at radius 2 is 2.06 bits per heavy atom. The first-order chi connectivity index (χ1) is 15.9. The molecule has 0 unspecified atom stereocenters. The zero-order chi connectivity index (χ0) is 23.6. The molecule has 0 bridgehead atoms. The lowest BCUT2D eigenvalue weighted by Crippen LogP contribution is -2.08. The molecule has 0 N–H and O–H groups in total. The van der Waals surface area contributed by atoms with Crippen LogP contribution in [0.5, 0.6) is 0 Å². The monoisotopic (exact) mass is 479 g/mol. The number of fused-ring (bicyclic) bond motifs is 1. The molecule has 0 aliphatic carbocycles. The number of carbonyl (C=O) groups is 1. The van der Waals surface area contributed by atoms with Crippen LogP contribution in [0.2, 0.25) is 0 Å². The van der Waals surface area contributed by atoms with Gasteiger partial charge in [-0.15, -0.1) is 11.3 Å². The van der Waals surface area contributed by atoms with Gasteiger partial charge in [-0.3, -0.25) is 4.79 Å². The SMILES string of the molecule is CCOC(=O)Cc1c(C)c(Cc2sccc2S(=O)(=O)c2ccccn2)n2cc(C#N)ccc12. The van der Waals surface area contributed by atoms with E-state index in [0.29, 0.717) is 23.5 Å². The summed E-state index contributed by atoms with van der Waals surface area (Å²) < 4.78 is 33.4.